The number of nitrogens with one attached hydrogen (secondary N) is 1. The summed E-state index contributed by atoms with van der Waals surface area (Å²) in [6, 6.07) is 9.43. The molecule has 1 rings (SSSR count). The second-order valence-electron chi connectivity index (χ2n) is 3.18. The Balaban J connectivity index is 2.13. The summed E-state index contributed by atoms with van der Waals surface area (Å²) >= 11 is 0. The van der Waals surface area contributed by atoms with Gasteiger partial charge in [0.05, 0.1) is 12.9 Å². The highest BCUT2D eigenvalue weighted by Gasteiger charge is 1.98. The average Bonchev–Trinajstić information content (AvgIpc) is 2.17. The van der Waals surface area contributed by atoms with Crippen molar-refractivity contribution >= 4 is 10.0 Å². The first-order valence-corrected chi connectivity index (χ1v) is 6.59. The predicted molar refractivity (Wildman–Crippen MR) is 59.4 cm³/mol. The molecule has 5 heteroatoms. The molecule has 4 nitrogen and oxygen atoms in total. The van der Waals surface area contributed by atoms with Gasteiger partial charge in [-0.25, -0.2) is 13.1 Å². The third-order valence-corrected chi connectivity index (χ3v) is 2.43. The molecule has 0 saturated heterocycles. The molecule has 0 aliphatic heterocycles. The second-order valence-corrected chi connectivity index (χ2v) is 5.01. The van der Waals surface area contributed by atoms with Crippen LogP contribution in [0, 0.1) is 0 Å². The quantitative estimate of drug-likeness (QED) is 0.740. The molecule has 0 spiro atoms. The largest absolute Gasteiger partial charge is 0.494 e. The summed E-state index contributed by atoms with van der Waals surface area (Å²) in [6.07, 6.45) is 1.80. The molecule has 0 unspecified atom stereocenters. The fourth-order valence-corrected chi connectivity index (χ4v) is 1.55. The summed E-state index contributed by atoms with van der Waals surface area (Å²) in [4.78, 5) is 0. The molecular formula is C10H15NO3S. The molecule has 0 aliphatic rings. The summed E-state index contributed by atoms with van der Waals surface area (Å²) in [7, 11) is -3.07. The lowest BCUT2D eigenvalue weighted by Gasteiger charge is -2.05. The van der Waals surface area contributed by atoms with Crippen molar-refractivity contribution in [1.82, 2.24) is 4.72 Å². The van der Waals surface area contributed by atoms with E-state index in [-0.39, 0.29) is 0 Å². The number of rotatable bonds is 6. The van der Waals surface area contributed by atoms with Gasteiger partial charge in [0.2, 0.25) is 10.0 Å². The summed E-state index contributed by atoms with van der Waals surface area (Å²) in [6.45, 7) is 0.915. The first-order chi connectivity index (χ1) is 7.08. The zero-order chi connectivity index (χ0) is 11.1. The molecule has 15 heavy (non-hydrogen) atoms. The van der Waals surface area contributed by atoms with Crippen LogP contribution in [0.3, 0.4) is 0 Å². The Labute approximate surface area is 90.3 Å². The van der Waals surface area contributed by atoms with E-state index in [0.717, 1.165) is 12.0 Å². The van der Waals surface area contributed by atoms with Crippen LogP contribution in [0.25, 0.3) is 0 Å². The maximum atomic E-state index is 10.7. The van der Waals surface area contributed by atoms with Gasteiger partial charge in [0, 0.05) is 6.54 Å². The summed E-state index contributed by atoms with van der Waals surface area (Å²) in [5.74, 6) is 0.803. The molecule has 1 aromatic rings. The third-order valence-electron chi connectivity index (χ3n) is 1.70. The van der Waals surface area contributed by atoms with Crippen molar-refractivity contribution in [2.24, 2.45) is 0 Å². The van der Waals surface area contributed by atoms with E-state index >= 15 is 0 Å². The zero-order valence-corrected chi connectivity index (χ0v) is 9.46. The molecular weight excluding hydrogens is 214 g/mol. The lowest BCUT2D eigenvalue weighted by atomic mass is 10.3. The summed E-state index contributed by atoms with van der Waals surface area (Å²) < 4.78 is 29.2. The normalized spacial score (nSPS) is 11.3. The van der Waals surface area contributed by atoms with Gasteiger partial charge in [-0.3, -0.25) is 0 Å². The van der Waals surface area contributed by atoms with Gasteiger partial charge < -0.3 is 4.74 Å². The van der Waals surface area contributed by atoms with Gasteiger partial charge in [-0.15, -0.1) is 0 Å². The Morgan fingerprint density at radius 3 is 2.53 bits per heavy atom. The van der Waals surface area contributed by atoms with Crippen molar-refractivity contribution in [3.63, 3.8) is 0 Å². The molecule has 1 aromatic carbocycles. The number of para-hydroxylation sites is 1. The van der Waals surface area contributed by atoms with Gasteiger partial charge in [-0.2, -0.15) is 0 Å². The SMILES string of the molecule is CS(=O)(=O)NCCCOc1ccccc1. The van der Waals surface area contributed by atoms with E-state index in [9.17, 15) is 8.42 Å². The minimum Gasteiger partial charge on any atom is -0.494 e. The summed E-state index contributed by atoms with van der Waals surface area (Å²) in [5, 5.41) is 0. The minimum atomic E-state index is -3.07. The number of hydrogen-bond acceptors (Lipinski definition) is 3. The van der Waals surface area contributed by atoms with Crippen LogP contribution in [0.5, 0.6) is 5.75 Å². The maximum Gasteiger partial charge on any atom is 0.208 e. The van der Waals surface area contributed by atoms with Crippen molar-refractivity contribution in [1.29, 1.82) is 0 Å². The van der Waals surface area contributed by atoms with Crippen LogP contribution < -0.4 is 9.46 Å². The Morgan fingerprint density at radius 1 is 1.27 bits per heavy atom. The van der Waals surface area contributed by atoms with Crippen molar-refractivity contribution in [3.05, 3.63) is 30.3 Å². The average molecular weight is 229 g/mol. The molecule has 0 amide bonds. The Morgan fingerprint density at radius 2 is 1.93 bits per heavy atom. The van der Waals surface area contributed by atoms with Gasteiger partial charge in [0.1, 0.15) is 5.75 Å². The van der Waals surface area contributed by atoms with E-state index in [4.69, 9.17) is 4.74 Å². The van der Waals surface area contributed by atoms with E-state index in [1.165, 1.54) is 0 Å². The van der Waals surface area contributed by atoms with E-state index in [0.29, 0.717) is 19.6 Å². The molecule has 84 valence electrons. The zero-order valence-electron chi connectivity index (χ0n) is 8.64. The van der Waals surface area contributed by atoms with Crippen molar-refractivity contribution in [2.45, 2.75) is 6.42 Å². The highest BCUT2D eigenvalue weighted by molar-refractivity contribution is 7.88. The highest BCUT2D eigenvalue weighted by Crippen LogP contribution is 2.07. The Bertz CT molecular complexity index is 375. The van der Waals surface area contributed by atoms with Gasteiger partial charge in [-0.1, -0.05) is 18.2 Å². The first kappa shape index (κ1) is 12.0. The molecule has 0 aromatic heterocycles. The van der Waals surface area contributed by atoms with Gasteiger partial charge >= 0.3 is 0 Å². The molecule has 1 N–H and O–H groups in total. The van der Waals surface area contributed by atoms with Crippen LogP contribution in [-0.4, -0.2) is 27.8 Å². The number of ether oxygens (including phenoxy) is 1. The Hall–Kier alpha value is -1.07. The third kappa shape index (κ3) is 6.09. The van der Waals surface area contributed by atoms with Crippen LogP contribution in [0.4, 0.5) is 0 Å². The van der Waals surface area contributed by atoms with Crippen LogP contribution >= 0.6 is 0 Å². The van der Waals surface area contributed by atoms with Gasteiger partial charge in [0.15, 0.2) is 0 Å². The monoisotopic (exact) mass is 229 g/mol. The van der Waals surface area contributed by atoms with E-state index < -0.39 is 10.0 Å². The van der Waals surface area contributed by atoms with Crippen molar-refractivity contribution in [3.8, 4) is 5.75 Å². The molecule has 0 atom stereocenters. The summed E-state index contributed by atoms with van der Waals surface area (Å²) in [5.41, 5.74) is 0. The van der Waals surface area contributed by atoms with Gasteiger partial charge in [-0.05, 0) is 18.6 Å². The minimum absolute atomic E-state index is 0.408. The van der Waals surface area contributed by atoms with Crippen LogP contribution in [0.1, 0.15) is 6.42 Å². The lowest BCUT2D eigenvalue weighted by Crippen LogP contribution is -2.24. The standard InChI is InChI=1S/C10H15NO3S/c1-15(12,13)11-8-5-9-14-10-6-3-2-4-7-10/h2-4,6-7,11H,5,8-9H2,1H3. The van der Waals surface area contributed by atoms with Crippen LogP contribution in [0.15, 0.2) is 30.3 Å². The maximum absolute atomic E-state index is 10.7. The fourth-order valence-electron chi connectivity index (χ4n) is 1.04. The molecule has 0 saturated carbocycles. The van der Waals surface area contributed by atoms with E-state index in [1.54, 1.807) is 0 Å². The van der Waals surface area contributed by atoms with Crippen molar-refractivity contribution in [2.75, 3.05) is 19.4 Å². The number of sulfonamides is 1. The molecule has 0 heterocycles. The predicted octanol–water partition coefficient (Wildman–Crippen LogP) is 1.00. The lowest BCUT2D eigenvalue weighted by molar-refractivity contribution is 0.311. The molecule has 0 aliphatic carbocycles. The fraction of sp³-hybridized carbons (Fsp3) is 0.400. The van der Waals surface area contributed by atoms with Crippen molar-refractivity contribution < 1.29 is 13.2 Å². The second kappa shape index (κ2) is 5.72. The molecule has 0 radical (unpaired) electrons. The topological polar surface area (TPSA) is 55.4 Å². The Kier molecular flexibility index (Phi) is 4.58. The van der Waals surface area contributed by atoms with Gasteiger partial charge in [0.25, 0.3) is 0 Å². The highest BCUT2D eigenvalue weighted by atomic mass is 32.2. The first-order valence-electron chi connectivity index (χ1n) is 4.70. The smallest absolute Gasteiger partial charge is 0.208 e. The molecule has 0 fully saturated rings. The van der Waals surface area contributed by atoms with Crippen LogP contribution in [-0.2, 0) is 10.0 Å². The number of hydrogen-bond donors (Lipinski definition) is 1. The van der Waals surface area contributed by atoms with E-state index in [2.05, 4.69) is 4.72 Å². The van der Waals surface area contributed by atoms with E-state index in [1.807, 2.05) is 30.3 Å². The van der Waals surface area contributed by atoms with Crippen LogP contribution in [0.2, 0.25) is 0 Å². The number of benzene rings is 1. The molecule has 0 bridgehead atoms.